The Morgan fingerprint density at radius 1 is 1.32 bits per heavy atom. The normalized spacial score (nSPS) is 19.5. The van der Waals surface area contributed by atoms with Crippen LogP contribution in [0.4, 0.5) is 9.52 Å². The van der Waals surface area contributed by atoms with Gasteiger partial charge in [0, 0.05) is 12.0 Å². The smallest absolute Gasteiger partial charge is 0.280 e. The summed E-state index contributed by atoms with van der Waals surface area (Å²) in [6.45, 7) is 1.75. The Balaban J connectivity index is 1.49. The molecule has 2 fully saturated rings. The summed E-state index contributed by atoms with van der Waals surface area (Å²) in [5.74, 6) is 0.866. The average Bonchev–Trinajstić information content (AvgIpc) is 3.21. The molecule has 1 aliphatic carbocycles. The molecule has 2 aromatic rings. The molecule has 1 saturated heterocycles. The number of rotatable bonds is 8. The number of anilines is 1. The van der Waals surface area contributed by atoms with E-state index in [1.54, 1.807) is 24.3 Å². The molecule has 2 aliphatic rings. The van der Waals surface area contributed by atoms with Crippen molar-refractivity contribution in [3.05, 3.63) is 41.2 Å². The Morgan fingerprint density at radius 2 is 2.14 bits per heavy atom. The highest BCUT2D eigenvalue weighted by molar-refractivity contribution is 7.14. The van der Waals surface area contributed by atoms with Crippen LogP contribution in [0.25, 0.3) is 0 Å². The van der Waals surface area contributed by atoms with Crippen LogP contribution in [0.15, 0.2) is 35.6 Å². The molecule has 1 aromatic heterocycles. The van der Waals surface area contributed by atoms with Gasteiger partial charge in [0.1, 0.15) is 5.75 Å². The Bertz CT molecular complexity index is 845. The minimum atomic E-state index is -0.528. The highest BCUT2D eigenvalue weighted by Gasteiger charge is 2.23. The fourth-order valence-corrected chi connectivity index (χ4v) is 3.16. The second-order valence-corrected chi connectivity index (χ2v) is 7.71. The molecule has 1 N–H and O–H groups in total. The largest absolute Gasteiger partial charge is 0.493 e. The molecule has 0 spiro atoms. The number of benzene rings is 1. The van der Waals surface area contributed by atoms with Crippen molar-refractivity contribution in [3.8, 4) is 5.75 Å². The fraction of sp³-hybridized carbons (Fsp3) is 0.421. The number of carbonyl (C=O) groups excluding carboxylic acids is 1. The van der Waals surface area contributed by atoms with Gasteiger partial charge in [-0.15, -0.1) is 0 Å². The molecule has 9 heteroatoms. The second-order valence-electron chi connectivity index (χ2n) is 6.73. The van der Waals surface area contributed by atoms with E-state index in [-0.39, 0.29) is 16.9 Å². The van der Waals surface area contributed by atoms with E-state index >= 15 is 0 Å². The summed E-state index contributed by atoms with van der Waals surface area (Å²) in [7, 11) is 0. The topological polar surface area (TPSA) is 82.0 Å². The second kappa shape index (κ2) is 8.66. The van der Waals surface area contributed by atoms with Gasteiger partial charge in [-0.2, -0.15) is 4.39 Å². The van der Waals surface area contributed by atoms with Crippen LogP contribution in [0.5, 0.6) is 5.75 Å². The number of carbonyl (C=O) groups is 1. The van der Waals surface area contributed by atoms with Crippen molar-refractivity contribution < 1.29 is 23.5 Å². The minimum absolute atomic E-state index is 0.0799. The quantitative estimate of drug-likeness (QED) is 0.539. The van der Waals surface area contributed by atoms with Gasteiger partial charge in [0.15, 0.2) is 22.1 Å². The summed E-state index contributed by atoms with van der Waals surface area (Å²) < 4.78 is 24.1. The third-order valence-corrected chi connectivity index (χ3v) is 5.11. The van der Waals surface area contributed by atoms with Gasteiger partial charge < -0.3 is 14.3 Å². The Labute approximate surface area is 165 Å². The van der Waals surface area contributed by atoms with E-state index in [1.807, 2.05) is 0 Å². The molecule has 0 unspecified atom stereocenters. The summed E-state index contributed by atoms with van der Waals surface area (Å²) in [5, 5.41) is 6.29. The van der Waals surface area contributed by atoms with Crippen LogP contribution in [-0.4, -0.2) is 42.5 Å². The zero-order valence-corrected chi connectivity index (χ0v) is 15.9. The monoisotopic (exact) mass is 405 g/mol. The molecule has 7 nitrogen and oxygen atoms in total. The number of thiazole rings is 1. The van der Waals surface area contributed by atoms with E-state index in [0.29, 0.717) is 37.7 Å². The van der Waals surface area contributed by atoms with Crippen LogP contribution in [0.1, 0.15) is 24.8 Å². The van der Waals surface area contributed by atoms with Gasteiger partial charge in [-0.05, 0) is 43.0 Å². The lowest BCUT2D eigenvalue weighted by atomic mass is 10.1. The summed E-state index contributed by atoms with van der Waals surface area (Å²) in [6.07, 6.45) is 4.00. The van der Waals surface area contributed by atoms with Gasteiger partial charge >= 0.3 is 0 Å². The summed E-state index contributed by atoms with van der Waals surface area (Å²) >= 11 is 0.744. The summed E-state index contributed by atoms with van der Waals surface area (Å²) in [4.78, 5) is 22.0. The van der Waals surface area contributed by atoms with Crippen molar-refractivity contribution >= 4 is 28.1 Å². The third-order valence-electron chi connectivity index (χ3n) is 4.40. The number of hydrogen-bond donors (Lipinski definition) is 1. The van der Waals surface area contributed by atoms with Crippen molar-refractivity contribution in [3.63, 3.8) is 0 Å². The molecule has 4 rings (SSSR count). The highest BCUT2D eigenvalue weighted by Crippen LogP contribution is 2.29. The Kier molecular flexibility index (Phi) is 5.82. The van der Waals surface area contributed by atoms with Crippen LogP contribution < -0.4 is 10.1 Å². The first-order valence-corrected chi connectivity index (χ1v) is 9.96. The van der Waals surface area contributed by atoms with E-state index in [2.05, 4.69) is 15.5 Å². The Hall–Kier alpha value is -2.52. The average molecular weight is 405 g/mol. The molecule has 0 bridgehead atoms. The standard InChI is InChI=1S/C19H20FN3O4S/c20-16-9-21-19(28-16)22-18(24)17(23-27-15-7-8-25-11-15)13-3-5-14(6-4-13)26-10-12-1-2-12/h3-6,9,12,15H,1-2,7-8,10-11H2,(H,21,22,24)/t15-/m1/s1. The number of oxime groups is 1. The number of ether oxygens (including phenoxy) is 2. The zero-order valence-electron chi connectivity index (χ0n) is 15.1. The van der Waals surface area contributed by atoms with Crippen molar-refractivity contribution in [2.24, 2.45) is 11.1 Å². The summed E-state index contributed by atoms with van der Waals surface area (Å²) in [6, 6.07) is 7.08. The van der Waals surface area contributed by atoms with Crippen LogP contribution in [0.2, 0.25) is 0 Å². The molecule has 148 valence electrons. The minimum Gasteiger partial charge on any atom is -0.493 e. The fourth-order valence-electron chi connectivity index (χ4n) is 2.62. The molecule has 1 aromatic carbocycles. The van der Waals surface area contributed by atoms with E-state index in [1.165, 1.54) is 12.8 Å². The van der Waals surface area contributed by atoms with Crippen molar-refractivity contribution in [1.29, 1.82) is 0 Å². The van der Waals surface area contributed by atoms with E-state index in [9.17, 15) is 9.18 Å². The van der Waals surface area contributed by atoms with Crippen LogP contribution in [-0.2, 0) is 14.4 Å². The first-order valence-electron chi connectivity index (χ1n) is 9.15. The SMILES string of the molecule is O=C(Nc1ncc(F)s1)C(=NO[C@@H]1CCOC1)c1ccc(OCC2CC2)cc1. The van der Waals surface area contributed by atoms with E-state index in [4.69, 9.17) is 14.3 Å². The maximum Gasteiger partial charge on any atom is 0.280 e. The molecule has 1 saturated carbocycles. The number of nitrogens with one attached hydrogen (secondary N) is 1. The number of halogens is 1. The lowest BCUT2D eigenvalue weighted by Crippen LogP contribution is -2.25. The van der Waals surface area contributed by atoms with Gasteiger partial charge in [0.05, 0.1) is 26.0 Å². The van der Waals surface area contributed by atoms with Gasteiger partial charge in [0.25, 0.3) is 5.91 Å². The molecule has 1 atom stereocenters. The molecule has 2 heterocycles. The van der Waals surface area contributed by atoms with E-state index < -0.39 is 11.0 Å². The van der Waals surface area contributed by atoms with Crippen molar-refractivity contribution in [1.82, 2.24) is 4.98 Å². The molecular weight excluding hydrogens is 385 g/mol. The van der Waals surface area contributed by atoms with Gasteiger partial charge in [-0.3, -0.25) is 10.1 Å². The first-order chi connectivity index (χ1) is 13.7. The predicted molar refractivity (Wildman–Crippen MR) is 102 cm³/mol. The lowest BCUT2D eigenvalue weighted by molar-refractivity contribution is -0.110. The number of aromatic nitrogens is 1. The molecular formula is C19H20FN3O4S. The maximum absolute atomic E-state index is 13.2. The predicted octanol–water partition coefficient (Wildman–Crippen LogP) is 3.22. The lowest BCUT2D eigenvalue weighted by Gasteiger charge is -2.10. The molecule has 28 heavy (non-hydrogen) atoms. The Morgan fingerprint density at radius 3 is 2.79 bits per heavy atom. The molecule has 0 radical (unpaired) electrons. The number of hydrogen-bond acceptors (Lipinski definition) is 7. The van der Waals surface area contributed by atoms with Gasteiger partial charge in [0.2, 0.25) is 0 Å². The molecule has 1 aliphatic heterocycles. The third kappa shape index (κ3) is 5.05. The zero-order chi connectivity index (χ0) is 19.3. The number of amides is 1. The van der Waals surface area contributed by atoms with Gasteiger partial charge in [-0.25, -0.2) is 4.98 Å². The first kappa shape index (κ1) is 18.8. The van der Waals surface area contributed by atoms with Crippen LogP contribution in [0.3, 0.4) is 0 Å². The molecule has 1 amide bonds. The maximum atomic E-state index is 13.2. The van der Waals surface area contributed by atoms with Gasteiger partial charge in [-0.1, -0.05) is 16.5 Å². The van der Waals surface area contributed by atoms with Crippen molar-refractivity contribution in [2.75, 3.05) is 25.1 Å². The van der Waals surface area contributed by atoms with Crippen molar-refractivity contribution in [2.45, 2.75) is 25.4 Å². The van der Waals surface area contributed by atoms with E-state index in [0.717, 1.165) is 23.3 Å². The summed E-state index contributed by atoms with van der Waals surface area (Å²) in [5.41, 5.74) is 0.642. The van der Waals surface area contributed by atoms with Crippen LogP contribution in [0, 0.1) is 11.0 Å². The van der Waals surface area contributed by atoms with Crippen LogP contribution >= 0.6 is 11.3 Å². The number of nitrogens with zero attached hydrogens (tertiary/aromatic N) is 2. The highest BCUT2D eigenvalue weighted by atomic mass is 32.1.